The maximum Gasteiger partial charge on any atom is 0.323 e. The Bertz CT molecular complexity index is 446. The van der Waals surface area contributed by atoms with E-state index in [1.54, 1.807) is 12.1 Å². The van der Waals surface area contributed by atoms with E-state index >= 15 is 0 Å². The largest absolute Gasteiger partial charge is 0.508 e. The van der Waals surface area contributed by atoms with E-state index in [2.05, 4.69) is 20.8 Å². The summed E-state index contributed by atoms with van der Waals surface area (Å²) >= 11 is 0. The maximum atomic E-state index is 12.2. The number of phenolic OH excluding ortho intramolecular Hbond substituents is 1. The van der Waals surface area contributed by atoms with Gasteiger partial charge in [0.1, 0.15) is 11.8 Å². The summed E-state index contributed by atoms with van der Waals surface area (Å²) in [6.07, 6.45) is 1.42. The van der Waals surface area contributed by atoms with Crippen molar-refractivity contribution >= 4 is 5.97 Å². The molecular formula is C17H27NO3. The number of carbonyl (C=O) groups excluding carboxylic acids is 1. The Labute approximate surface area is 127 Å². The van der Waals surface area contributed by atoms with Gasteiger partial charge >= 0.3 is 5.97 Å². The van der Waals surface area contributed by atoms with E-state index in [1.165, 1.54) is 0 Å². The standard InChI is InChI=1S/C17H27NO3/c1-17(2,3)10-11-21-16(20)15(18(4)5)12-13-6-8-14(19)9-7-13/h6-9,15,19H,10-12H2,1-5H3/t15-/m0/s1. The minimum absolute atomic E-state index is 0.158. The molecule has 1 aromatic rings. The lowest BCUT2D eigenvalue weighted by Crippen LogP contribution is -2.39. The monoisotopic (exact) mass is 293 g/mol. The fourth-order valence-electron chi connectivity index (χ4n) is 1.89. The molecule has 0 aliphatic carbocycles. The van der Waals surface area contributed by atoms with Crippen LogP contribution in [-0.4, -0.2) is 42.7 Å². The quantitative estimate of drug-likeness (QED) is 0.819. The van der Waals surface area contributed by atoms with Gasteiger partial charge in [0.25, 0.3) is 0 Å². The van der Waals surface area contributed by atoms with Gasteiger partial charge in [-0.3, -0.25) is 9.69 Å². The van der Waals surface area contributed by atoms with Gasteiger partial charge in [-0.2, -0.15) is 0 Å². The Kier molecular flexibility index (Phi) is 6.21. The first-order valence-corrected chi connectivity index (χ1v) is 7.30. The van der Waals surface area contributed by atoms with Crippen LogP contribution in [0.1, 0.15) is 32.8 Å². The molecule has 0 amide bonds. The number of hydrogen-bond donors (Lipinski definition) is 1. The van der Waals surface area contributed by atoms with Gasteiger partial charge in [0.2, 0.25) is 0 Å². The van der Waals surface area contributed by atoms with Crippen LogP contribution in [0, 0.1) is 5.41 Å². The number of rotatable bonds is 6. The second-order valence-electron chi connectivity index (χ2n) is 6.83. The van der Waals surface area contributed by atoms with Gasteiger partial charge in [-0.25, -0.2) is 0 Å². The van der Waals surface area contributed by atoms with Crippen molar-refractivity contribution in [3.63, 3.8) is 0 Å². The second kappa shape index (κ2) is 7.46. The van der Waals surface area contributed by atoms with Crippen LogP contribution in [0.2, 0.25) is 0 Å². The molecule has 1 atom stereocenters. The lowest BCUT2D eigenvalue weighted by Gasteiger charge is -2.24. The molecular weight excluding hydrogens is 266 g/mol. The molecule has 21 heavy (non-hydrogen) atoms. The third-order valence-corrected chi connectivity index (χ3v) is 3.36. The lowest BCUT2D eigenvalue weighted by atomic mass is 9.93. The fourth-order valence-corrected chi connectivity index (χ4v) is 1.89. The zero-order chi connectivity index (χ0) is 16.0. The average molecular weight is 293 g/mol. The van der Waals surface area contributed by atoms with Crippen LogP contribution >= 0.6 is 0 Å². The third-order valence-electron chi connectivity index (χ3n) is 3.36. The molecule has 1 aromatic carbocycles. The highest BCUT2D eigenvalue weighted by Crippen LogP contribution is 2.19. The van der Waals surface area contributed by atoms with Crippen molar-refractivity contribution in [2.24, 2.45) is 5.41 Å². The Balaban J connectivity index is 2.60. The lowest BCUT2D eigenvalue weighted by molar-refractivity contribution is -0.149. The molecule has 0 aromatic heterocycles. The zero-order valence-electron chi connectivity index (χ0n) is 13.7. The molecule has 4 nitrogen and oxygen atoms in total. The predicted molar refractivity (Wildman–Crippen MR) is 84.3 cm³/mol. The first kappa shape index (κ1) is 17.5. The minimum atomic E-state index is -0.311. The number of ether oxygens (including phenoxy) is 1. The summed E-state index contributed by atoms with van der Waals surface area (Å²) in [4.78, 5) is 14.1. The van der Waals surface area contributed by atoms with Crippen molar-refractivity contribution in [1.82, 2.24) is 4.90 Å². The zero-order valence-corrected chi connectivity index (χ0v) is 13.7. The number of benzene rings is 1. The van der Waals surface area contributed by atoms with E-state index in [4.69, 9.17) is 4.74 Å². The molecule has 0 saturated carbocycles. The number of carbonyl (C=O) groups is 1. The number of esters is 1. The number of aromatic hydroxyl groups is 1. The summed E-state index contributed by atoms with van der Waals surface area (Å²) in [6, 6.07) is 6.61. The fraction of sp³-hybridized carbons (Fsp3) is 0.588. The molecule has 1 rings (SSSR count). The molecule has 4 heteroatoms. The van der Waals surface area contributed by atoms with Crippen LogP contribution in [0.15, 0.2) is 24.3 Å². The molecule has 0 bridgehead atoms. The van der Waals surface area contributed by atoms with Crippen molar-refractivity contribution in [3.05, 3.63) is 29.8 Å². The van der Waals surface area contributed by atoms with Crippen molar-refractivity contribution < 1.29 is 14.6 Å². The minimum Gasteiger partial charge on any atom is -0.508 e. The number of hydrogen-bond acceptors (Lipinski definition) is 4. The van der Waals surface area contributed by atoms with Crippen LogP contribution in [0.25, 0.3) is 0 Å². The van der Waals surface area contributed by atoms with Crippen LogP contribution in [-0.2, 0) is 16.0 Å². The Morgan fingerprint density at radius 2 is 1.81 bits per heavy atom. The molecule has 0 fully saturated rings. The average Bonchev–Trinajstić information content (AvgIpc) is 2.35. The summed E-state index contributed by atoms with van der Waals surface area (Å²) in [7, 11) is 3.74. The van der Waals surface area contributed by atoms with Crippen molar-refractivity contribution in [1.29, 1.82) is 0 Å². The maximum absolute atomic E-state index is 12.2. The highest BCUT2D eigenvalue weighted by molar-refractivity contribution is 5.76. The molecule has 0 radical (unpaired) electrons. The van der Waals surface area contributed by atoms with E-state index < -0.39 is 0 Å². The first-order chi connectivity index (χ1) is 9.69. The van der Waals surface area contributed by atoms with Gasteiger partial charge < -0.3 is 9.84 Å². The normalized spacial score (nSPS) is 13.2. The van der Waals surface area contributed by atoms with Crippen molar-refractivity contribution in [3.8, 4) is 5.75 Å². The molecule has 0 aliphatic heterocycles. The summed E-state index contributed by atoms with van der Waals surface area (Å²) < 4.78 is 5.41. The van der Waals surface area contributed by atoms with Crippen LogP contribution < -0.4 is 0 Å². The highest BCUT2D eigenvalue weighted by Gasteiger charge is 2.23. The summed E-state index contributed by atoms with van der Waals surface area (Å²) in [5.74, 6) is 0.0326. The third kappa shape index (κ3) is 6.63. The van der Waals surface area contributed by atoms with Gasteiger partial charge in [-0.05, 0) is 50.0 Å². The molecule has 1 N–H and O–H groups in total. The Hall–Kier alpha value is -1.55. The Morgan fingerprint density at radius 1 is 1.24 bits per heavy atom. The Morgan fingerprint density at radius 3 is 2.29 bits per heavy atom. The van der Waals surface area contributed by atoms with Gasteiger partial charge in [0.15, 0.2) is 0 Å². The summed E-state index contributed by atoms with van der Waals surface area (Å²) in [6.45, 7) is 6.82. The topological polar surface area (TPSA) is 49.8 Å². The van der Waals surface area contributed by atoms with E-state index in [0.717, 1.165) is 12.0 Å². The second-order valence-corrected chi connectivity index (χ2v) is 6.83. The highest BCUT2D eigenvalue weighted by atomic mass is 16.5. The van der Waals surface area contributed by atoms with Gasteiger partial charge in [0.05, 0.1) is 6.61 Å². The summed E-state index contributed by atoms with van der Waals surface area (Å²) in [5.41, 5.74) is 1.16. The van der Waals surface area contributed by atoms with Crippen molar-refractivity contribution in [2.75, 3.05) is 20.7 Å². The van der Waals surface area contributed by atoms with E-state index in [0.29, 0.717) is 13.0 Å². The molecule has 118 valence electrons. The van der Waals surface area contributed by atoms with Crippen LogP contribution in [0.4, 0.5) is 0 Å². The van der Waals surface area contributed by atoms with Crippen LogP contribution in [0.5, 0.6) is 5.75 Å². The SMILES string of the molecule is CN(C)[C@@H](Cc1ccc(O)cc1)C(=O)OCCC(C)(C)C. The van der Waals surface area contributed by atoms with Gasteiger partial charge in [0, 0.05) is 0 Å². The van der Waals surface area contributed by atoms with Crippen molar-refractivity contribution in [2.45, 2.75) is 39.7 Å². The molecule has 0 saturated heterocycles. The smallest absolute Gasteiger partial charge is 0.323 e. The summed E-state index contributed by atoms with van der Waals surface area (Å²) in [5, 5.41) is 9.30. The molecule has 0 unspecified atom stereocenters. The van der Waals surface area contributed by atoms with Gasteiger partial charge in [-0.1, -0.05) is 32.9 Å². The number of likely N-dealkylation sites (N-methyl/N-ethyl adjacent to an activating group) is 1. The van der Waals surface area contributed by atoms with E-state index in [-0.39, 0.29) is 23.2 Å². The van der Waals surface area contributed by atoms with Gasteiger partial charge in [-0.15, -0.1) is 0 Å². The molecule has 0 spiro atoms. The predicted octanol–water partition coefficient (Wildman–Crippen LogP) is 2.84. The van der Waals surface area contributed by atoms with E-state index in [9.17, 15) is 9.90 Å². The van der Waals surface area contributed by atoms with Crippen LogP contribution in [0.3, 0.4) is 0 Å². The number of phenols is 1. The molecule has 0 aliphatic rings. The number of nitrogens with zero attached hydrogens (tertiary/aromatic N) is 1. The van der Waals surface area contributed by atoms with E-state index in [1.807, 2.05) is 31.1 Å². The first-order valence-electron chi connectivity index (χ1n) is 7.30. The molecule has 0 heterocycles.